The van der Waals surface area contributed by atoms with Crippen LogP contribution in [-0.2, 0) is 11.3 Å². The Morgan fingerprint density at radius 3 is 2.74 bits per heavy atom. The van der Waals surface area contributed by atoms with E-state index in [1.54, 1.807) is 6.07 Å². The predicted molar refractivity (Wildman–Crippen MR) is 70.2 cm³/mol. The van der Waals surface area contributed by atoms with Gasteiger partial charge in [0.2, 0.25) is 0 Å². The topological polar surface area (TPSA) is 90.9 Å². The highest BCUT2D eigenvalue weighted by molar-refractivity contribution is 5.61. The van der Waals surface area contributed by atoms with Crippen LogP contribution in [0.15, 0.2) is 12.1 Å². The molecule has 2 rings (SSSR count). The lowest BCUT2D eigenvalue weighted by molar-refractivity contribution is -0.385. The van der Waals surface area contributed by atoms with E-state index in [2.05, 4.69) is 4.90 Å². The molecule has 104 valence electrons. The Hall–Kier alpha value is -1.86. The molecule has 1 heterocycles. The van der Waals surface area contributed by atoms with Gasteiger partial charge in [0.25, 0.3) is 5.69 Å². The van der Waals surface area contributed by atoms with E-state index in [0.717, 1.165) is 13.1 Å². The number of nitrogen functional groups attached to an aromatic ring is 1. The van der Waals surface area contributed by atoms with Crippen molar-refractivity contribution in [3.8, 4) is 5.75 Å². The summed E-state index contributed by atoms with van der Waals surface area (Å²) in [6.07, 6.45) is 0. The molecule has 0 radical (unpaired) electrons. The molecule has 0 unspecified atom stereocenters. The Labute approximate surface area is 111 Å². The highest BCUT2D eigenvalue weighted by Crippen LogP contribution is 2.31. The highest BCUT2D eigenvalue weighted by atomic mass is 16.6. The molecule has 1 saturated heterocycles. The number of hydrogen-bond acceptors (Lipinski definition) is 6. The van der Waals surface area contributed by atoms with Gasteiger partial charge in [-0.05, 0) is 6.07 Å². The summed E-state index contributed by atoms with van der Waals surface area (Å²) in [4.78, 5) is 12.8. The fraction of sp³-hybridized carbons (Fsp3) is 0.500. The second-order valence-corrected chi connectivity index (χ2v) is 4.37. The van der Waals surface area contributed by atoms with E-state index in [9.17, 15) is 10.1 Å². The molecule has 1 aromatic carbocycles. The van der Waals surface area contributed by atoms with E-state index >= 15 is 0 Å². The van der Waals surface area contributed by atoms with E-state index in [1.807, 2.05) is 0 Å². The molecule has 19 heavy (non-hydrogen) atoms. The number of hydrogen-bond donors (Lipinski definition) is 1. The maximum absolute atomic E-state index is 11.1. The van der Waals surface area contributed by atoms with Crippen LogP contribution in [0.4, 0.5) is 11.4 Å². The zero-order valence-corrected chi connectivity index (χ0v) is 10.8. The monoisotopic (exact) mass is 267 g/mol. The fourth-order valence-electron chi connectivity index (χ4n) is 2.10. The van der Waals surface area contributed by atoms with E-state index < -0.39 is 4.92 Å². The number of anilines is 1. The summed E-state index contributed by atoms with van der Waals surface area (Å²) in [5.74, 6) is 0.467. The molecule has 2 N–H and O–H groups in total. The molecule has 0 bridgehead atoms. The summed E-state index contributed by atoms with van der Waals surface area (Å²) in [5.41, 5.74) is 6.63. The summed E-state index contributed by atoms with van der Waals surface area (Å²) in [5, 5.41) is 11.1. The van der Waals surface area contributed by atoms with Gasteiger partial charge in [0.05, 0.1) is 30.9 Å². The Morgan fingerprint density at radius 1 is 1.47 bits per heavy atom. The number of rotatable bonds is 4. The zero-order valence-electron chi connectivity index (χ0n) is 10.8. The maximum Gasteiger partial charge on any atom is 0.276 e. The number of morpholine rings is 1. The molecule has 0 amide bonds. The van der Waals surface area contributed by atoms with Crippen molar-refractivity contribution in [3.05, 3.63) is 27.8 Å². The fourth-order valence-corrected chi connectivity index (χ4v) is 2.10. The Morgan fingerprint density at radius 2 is 2.16 bits per heavy atom. The molecule has 7 heteroatoms. The van der Waals surface area contributed by atoms with Gasteiger partial charge in [-0.3, -0.25) is 15.0 Å². The predicted octanol–water partition coefficient (Wildman–Crippen LogP) is 1.02. The van der Waals surface area contributed by atoms with Gasteiger partial charge in [0.15, 0.2) is 0 Å². The van der Waals surface area contributed by atoms with Crippen LogP contribution >= 0.6 is 0 Å². The Kier molecular flexibility index (Phi) is 4.18. The quantitative estimate of drug-likeness (QED) is 0.497. The van der Waals surface area contributed by atoms with Crippen LogP contribution in [-0.4, -0.2) is 43.2 Å². The summed E-state index contributed by atoms with van der Waals surface area (Å²) in [6.45, 7) is 3.34. The minimum Gasteiger partial charge on any atom is -0.495 e. The van der Waals surface area contributed by atoms with Gasteiger partial charge in [-0.1, -0.05) is 0 Å². The van der Waals surface area contributed by atoms with Gasteiger partial charge in [0, 0.05) is 31.3 Å². The van der Waals surface area contributed by atoms with Gasteiger partial charge >= 0.3 is 0 Å². The molecule has 1 aliphatic rings. The zero-order chi connectivity index (χ0) is 13.8. The molecule has 0 aliphatic carbocycles. The van der Waals surface area contributed by atoms with Crippen molar-refractivity contribution in [2.24, 2.45) is 0 Å². The normalized spacial score (nSPS) is 16.3. The number of nitro groups is 1. The van der Waals surface area contributed by atoms with Crippen molar-refractivity contribution in [2.75, 3.05) is 39.1 Å². The van der Waals surface area contributed by atoms with Crippen LogP contribution in [0.25, 0.3) is 0 Å². The first-order valence-electron chi connectivity index (χ1n) is 6.02. The maximum atomic E-state index is 11.1. The summed E-state index contributed by atoms with van der Waals surface area (Å²) in [7, 11) is 1.50. The Balaban J connectivity index is 2.27. The van der Waals surface area contributed by atoms with Crippen LogP contribution < -0.4 is 10.5 Å². The lowest BCUT2D eigenvalue weighted by atomic mass is 10.1. The molecule has 0 saturated carbocycles. The van der Waals surface area contributed by atoms with Crippen molar-refractivity contribution in [3.63, 3.8) is 0 Å². The first-order valence-corrected chi connectivity index (χ1v) is 6.02. The third-order valence-electron chi connectivity index (χ3n) is 3.13. The molecule has 7 nitrogen and oxygen atoms in total. The van der Waals surface area contributed by atoms with Crippen molar-refractivity contribution in [2.45, 2.75) is 6.54 Å². The van der Waals surface area contributed by atoms with Crippen LogP contribution in [0, 0.1) is 10.1 Å². The van der Waals surface area contributed by atoms with Crippen LogP contribution in [0.2, 0.25) is 0 Å². The number of nitrogens with two attached hydrogens (primary N) is 1. The number of methoxy groups -OCH3 is 1. The summed E-state index contributed by atoms with van der Waals surface area (Å²) < 4.78 is 10.4. The van der Waals surface area contributed by atoms with Crippen molar-refractivity contribution >= 4 is 11.4 Å². The second-order valence-electron chi connectivity index (χ2n) is 4.37. The van der Waals surface area contributed by atoms with Crippen molar-refractivity contribution in [1.82, 2.24) is 4.90 Å². The standard InChI is InChI=1S/C12H17N3O4/c1-18-12-6-9(8-14-2-4-19-5-3-14)11(15(16)17)7-10(12)13/h6-7H,2-5,8,13H2,1H3. The molecule has 0 aromatic heterocycles. The largest absolute Gasteiger partial charge is 0.495 e. The smallest absolute Gasteiger partial charge is 0.276 e. The van der Waals surface area contributed by atoms with Gasteiger partial charge in [-0.15, -0.1) is 0 Å². The lowest BCUT2D eigenvalue weighted by Crippen LogP contribution is -2.35. The lowest BCUT2D eigenvalue weighted by Gasteiger charge is -2.26. The van der Waals surface area contributed by atoms with Crippen LogP contribution in [0.1, 0.15) is 5.56 Å². The van der Waals surface area contributed by atoms with Crippen molar-refractivity contribution in [1.29, 1.82) is 0 Å². The number of ether oxygens (including phenoxy) is 2. The first-order chi connectivity index (χ1) is 9.11. The third-order valence-corrected chi connectivity index (χ3v) is 3.13. The van der Waals surface area contributed by atoms with Crippen LogP contribution in [0.3, 0.4) is 0 Å². The van der Waals surface area contributed by atoms with E-state index in [-0.39, 0.29) is 11.4 Å². The highest BCUT2D eigenvalue weighted by Gasteiger charge is 2.20. The van der Waals surface area contributed by atoms with Gasteiger partial charge in [-0.25, -0.2) is 0 Å². The first kappa shape index (κ1) is 13.6. The summed E-state index contributed by atoms with van der Waals surface area (Å²) in [6, 6.07) is 3.00. The average Bonchev–Trinajstić information content (AvgIpc) is 2.41. The molecule has 0 spiro atoms. The molecular weight excluding hydrogens is 250 g/mol. The van der Waals surface area contributed by atoms with E-state index in [1.165, 1.54) is 13.2 Å². The Bertz CT molecular complexity index is 472. The molecule has 1 aromatic rings. The number of nitrogens with zero attached hydrogens (tertiary/aromatic N) is 2. The van der Waals surface area contributed by atoms with Gasteiger partial charge in [0.1, 0.15) is 5.75 Å². The molecule has 0 atom stereocenters. The minimum absolute atomic E-state index is 0.0322. The number of nitro benzene ring substituents is 1. The third kappa shape index (κ3) is 3.12. The van der Waals surface area contributed by atoms with Crippen LogP contribution in [0.5, 0.6) is 5.75 Å². The SMILES string of the molecule is COc1cc(CN2CCOCC2)c([N+](=O)[O-])cc1N. The van der Waals surface area contributed by atoms with Gasteiger partial charge < -0.3 is 15.2 Å². The molecular formula is C12H17N3O4. The average molecular weight is 267 g/mol. The van der Waals surface area contributed by atoms with E-state index in [4.69, 9.17) is 15.2 Å². The second kappa shape index (κ2) is 5.85. The van der Waals surface area contributed by atoms with Crippen molar-refractivity contribution < 1.29 is 14.4 Å². The minimum atomic E-state index is -0.411. The number of benzene rings is 1. The van der Waals surface area contributed by atoms with E-state index in [0.29, 0.717) is 31.1 Å². The summed E-state index contributed by atoms with van der Waals surface area (Å²) >= 11 is 0. The van der Waals surface area contributed by atoms with Gasteiger partial charge in [-0.2, -0.15) is 0 Å². The molecule has 1 fully saturated rings. The molecule has 1 aliphatic heterocycles.